The number of anilines is 1. The maximum atomic E-state index is 14.8. The van der Waals surface area contributed by atoms with Crippen LogP contribution < -0.4 is 23.8 Å². The Bertz CT molecular complexity index is 1890. The monoisotopic (exact) mass is 755 g/mol. The van der Waals surface area contributed by atoms with Crippen LogP contribution in [0.1, 0.15) is 38.3 Å². The smallest absolute Gasteiger partial charge is 0.264 e. The number of sulfonamides is 1. The van der Waals surface area contributed by atoms with E-state index in [2.05, 4.69) is 5.32 Å². The van der Waals surface area contributed by atoms with Crippen LogP contribution in [0.25, 0.3) is 0 Å². The Morgan fingerprint density at radius 2 is 1.51 bits per heavy atom. The van der Waals surface area contributed by atoms with E-state index in [0.717, 1.165) is 9.87 Å². The Morgan fingerprint density at radius 1 is 0.824 bits per heavy atom. The number of amides is 2. The lowest BCUT2D eigenvalue weighted by Crippen LogP contribution is -2.54. The maximum Gasteiger partial charge on any atom is 0.264 e. The highest BCUT2D eigenvalue weighted by atomic mass is 35.5. The summed E-state index contributed by atoms with van der Waals surface area (Å²) in [4.78, 5) is 30.1. The van der Waals surface area contributed by atoms with Gasteiger partial charge in [0.25, 0.3) is 10.0 Å². The third kappa shape index (κ3) is 10.1. The lowest BCUT2D eigenvalue weighted by molar-refractivity contribution is -0.140. The molecule has 0 saturated heterocycles. The molecule has 2 atom stereocenters. The summed E-state index contributed by atoms with van der Waals surface area (Å²) in [6.45, 7) is 5.38. The zero-order valence-corrected chi connectivity index (χ0v) is 31.6. The molecular weight excluding hydrogens is 713 g/mol. The molecule has 0 aliphatic carbocycles. The molecule has 0 heterocycles. The molecule has 0 aliphatic rings. The second kappa shape index (κ2) is 18.2. The zero-order valence-electron chi connectivity index (χ0n) is 29.3. The molecule has 0 fully saturated rings. The van der Waals surface area contributed by atoms with E-state index in [0.29, 0.717) is 35.1 Å². The average molecular weight is 757 g/mol. The van der Waals surface area contributed by atoms with Gasteiger partial charge in [-0.1, -0.05) is 66.5 Å². The molecule has 10 nitrogen and oxygen atoms in total. The van der Waals surface area contributed by atoms with Crippen molar-refractivity contribution in [2.45, 2.75) is 57.1 Å². The largest absolute Gasteiger partial charge is 0.494 e. The summed E-state index contributed by atoms with van der Waals surface area (Å²) in [7, 11) is -1.56. The zero-order chi connectivity index (χ0) is 37.1. The standard InChI is InChI=1S/C38H43Cl2N3O7S/c1-6-26(3)41-38(45)34(22-27-11-9-8-10-12-27)42(24-28-13-19-32(39)33(40)21-28)37(44)25-43(29-14-16-30(17-15-29)50-7-2)51(46,47)31-18-20-35(48-4)36(23-31)49-5/h8-21,23,26,34H,6-7,22,24-25H2,1-5H3,(H,41,45)/t26-,34-/m1/s1. The Balaban J connectivity index is 1.85. The van der Waals surface area contributed by atoms with Crippen LogP contribution in [0.4, 0.5) is 5.69 Å². The molecular formula is C38H43Cl2N3O7S. The van der Waals surface area contributed by atoms with Gasteiger partial charge in [0.05, 0.1) is 41.5 Å². The predicted molar refractivity (Wildman–Crippen MR) is 201 cm³/mol. The van der Waals surface area contributed by atoms with Crippen LogP contribution >= 0.6 is 23.2 Å². The van der Waals surface area contributed by atoms with Crippen molar-refractivity contribution in [2.75, 3.05) is 31.7 Å². The van der Waals surface area contributed by atoms with Gasteiger partial charge in [-0.25, -0.2) is 8.42 Å². The Labute approximate surface area is 310 Å². The van der Waals surface area contributed by atoms with Crippen molar-refractivity contribution >= 4 is 50.7 Å². The van der Waals surface area contributed by atoms with Crippen molar-refractivity contribution in [1.82, 2.24) is 10.2 Å². The number of carbonyl (C=O) groups excluding carboxylic acids is 2. The fourth-order valence-electron chi connectivity index (χ4n) is 5.34. The van der Waals surface area contributed by atoms with E-state index < -0.39 is 28.5 Å². The summed E-state index contributed by atoms with van der Waals surface area (Å²) in [6.07, 6.45) is 0.835. The van der Waals surface area contributed by atoms with Crippen molar-refractivity contribution < 1.29 is 32.2 Å². The molecule has 0 unspecified atom stereocenters. The van der Waals surface area contributed by atoms with Crippen LogP contribution in [0.3, 0.4) is 0 Å². The fraction of sp³-hybridized carbons (Fsp3) is 0.316. The summed E-state index contributed by atoms with van der Waals surface area (Å²) < 4.78 is 46.3. The molecule has 272 valence electrons. The van der Waals surface area contributed by atoms with Gasteiger partial charge >= 0.3 is 0 Å². The van der Waals surface area contributed by atoms with Crippen molar-refractivity contribution in [3.05, 3.63) is 112 Å². The number of benzene rings is 4. The number of ether oxygens (including phenoxy) is 3. The first kappa shape index (κ1) is 39.3. The molecule has 13 heteroatoms. The van der Waals surface area contributed by atoms with Crippen molar-refractivity contribution in [3.63, 3.8) is 0 Å². The molecule has 0 aliphatic heterocycles. The van der Waals surface area contributed by atoms with Gasteiger partial charge in [0, 0.05) is 25.1 Å². The van der Waals surface area contributed by atoms with Gasteiger partial charge in [0.2, 0.25) is 11.8 Å². The number of hydrogen-bond donors (Lipinski definition) is 1. The molecule has 4 aromatic rings. The second-order valence-electron chi connectivity index (χ2n) is 11.7. The van der Waals surface area contributed by atoms with Gasteiger partial charge in [-0.3, -0.25) is 13.9 Å². The highest BCUT2D eigenvalue weighted by molar-refractivity contribution is 7.92. The normalized spacial score (nSPS) is 12.4. The van der Waals surface area contributed by atoms with E-state index in [9.17, 15) is 18.0 Å². The maximum absolute atomic E-state index is 14.8. The minimum Gasteiger partial charge on any atom is -0.494 e. The predicted octanol–water partition coefficient (Wildman–Crippen LogP) is 7.16. The quantitative estimate of drug-likeness (QED) is 0.122. The molecule has 0 bridgehead atoms. The highest BCUT2D eigenvalue weighted by Crippen LogP contribution is 2.33. The van der Waals surface area contributed by atoms with E-state index in [4.69, 9.17) is 37.4 Å². The number of methoxy groups -OCH3 is 2. The van der Waals surface area contributed by atoms with Gasteiger partial charge < -0.3 is 24.4 Å². The summed E-state index contributed by atoms with van der Waals surface area (Å²) in [5, 5.41) is 3.63. The van der Waals surface area contributed by atoms with Crippen molar-refractivity contribution in [1.29, 1.82) is 0 Å². The van der Waals surface area contributed by atoms with Crippen molar-refractivity contribution in [2.24, 2.45) is 0 Å². The van der Waals surface area contributed by atoms with E-state index >= 15 is 0 Å². The second-order valence-corrected chi connectivity index (χ2v) is 14.4. The minimum absolute atomic E-state index is 0.0608. The summed E-state index contributed by atoms with van der Waals surface area (Å²) >= 11 is 12.6. The summed E-state index contributed by atoms with van der Waals surface area (Å²) in [5.74, 6) is 0.0598. The fourth-order valence-corrected chi connectivity index (χ4v) is 7.09. The molecule has 0 radical (unpaired) electrons. The van der Waals surface area contributed by atoms with Crippen LogP contribution in [0.15, 0.2) is 95.9 Å². The van der Waals surface area contributed by atoms with Gasteiger partial charge in [-0.2, -0.15) is 0 Å². The Morgan fingerprint density at radius 3 is 2.12 bits per heavy atom. The summed E-state index contributed by atoms with van der Waals surface area (Å²) in [5.41, 5.74) is 1.62. The van der Waals surface area contributed by atoms with Crippen LogP contribution in [0.5, 0.6) is 17.2 Å². The first-order valence-corrected chi connectivity index (χ1v) is 18.7. The molecule has 1 N–H and O–H groups in total. The van der Waals surface area contributed by atoms with Crippen LogP contribution in [-0.2, 0) is 32.6 Å². The van der Waals surface area contributed by atoms with E-state index in [-0.39, 0.29) is 46.3 Å². The van der Waals surface area contributed by atoms with E-state index in [1.54, 1.807) is 42.5 Å². The number of nitrogens with one attached hydrogen (secondary N) is 1. The van der Waals surface area contributed by atoms with E-state index in [1.165, 1.54) is 37.3 Å². The van der Waals surface area contributed by atoms with Gasteiger partial charge in [0.15, 0.2) is 11.5 Å². The molecule has 51 heavy (non-hydrogen) atoms. The Hall–Kier alpha value is -4.45. The third-order valence-corrected chi connectivity index (χ3v) is 10.8. The first-order valence-electron chi connectivity index (χ1n) is 16.5. The number of hydrogen-bond acceptors (Lipinski definition) is 7. The van der Waals surface area contributed by atoms with Gasteiger partial charge in [-0.05, 0) is 79.9 Å². The van der Waals surface area contributed by atoms with Crippen LogP contribution in [0.2, 0.25) is 10.0 Å². The highest BCUT2D eigenvalue weighted by Gasteiger charge is 2.35. The number of nitrogens with zero attached hydrogens (tertiary/aromatic N) is 2. The molecule has 0 spiro atoms. The molecule has 0 saturated carbocycles. The Kier molecular flexibility index (Phi) is 14.0. The van der Waals surface area contributed by atoms with Crippen molar-refractivity contribution in [3.8, 4) is 17.2 Å². The number of halogens is 2. The van der Waals surface area contributed by atoms with Gasteiger partial charge in [0.1, 0.15) is 18.3 Å². The minimum atomic E-state index is -4.41. The number of rotatable bonds is 17. The van der Waals surface area contributed by atoms with Crippen LogP contribution in [-0.4, -0.2) is 64.6 Å². The lowest BCUT2D eigenvalue weighted by atomic mass is 10.0. The van der Waals surface area contributed by atoms with Crippen LogP contribution in [0, 0.1) is 0 Å². The summed E-state index contributed by atoms with van der Waals surface area (Å²) in [6, 6.07) is 23.7. The average Bonchev–Trinajstić information content (AvgIpc) is 3.13. The van der Waals surface area contributed by atoms with Gasteiger partial charge in [-0.15, -0.1) is 0 Å². The first-order chi connectivity index (χ1) is 24.4. The molecule has 0 aromatic heterocycles. The topological polar surface area (TPSA) is 114 Å². The third-order valence-electron chi connectivity index (χ3n) is 8.27. The lowest BCUT2D eigenvalue weighted by Gasteiger charge is -2.34. The SMILES string of the molecule is CCOc1ccc(N(CC(=O)N(Cc2ccc(Cl)c(Cl)c2)[C@H](Cc2ccccc2)C(=O)N[C@H](C)CC)S(=O)(=O)c2ccc(OC)c(OC)c2)cc1. The molecule has 4 aromatic carbocycles. The van der Waals surface area contributed by atoms with E-state index in [1.807, 2.05) is 51.1 Å². The number of carbonyl (C=O) groups is 2. The molecule has 2 amide bonds. The molecule has 4 rings (SSSR count).